The molecule has 0 N–H and O–H groups in total. The summed E-state index contributed by atoms with van der Waals surface area (Å²) < 4.78 is 1.43. The highest BCUT2D eigenvalue weighted by Crippen LogP contribution is 2.08. The van der Waals surface area contributed by atoms with Crippen LogP contribution in [-0.4, -0.2) is 4.57 Å². The van der Waals surface area contributed by atoms with Gasteiger partial charge in [0, 0.05) is 6.20 Å². The number of aromatic nitrogens is 1. The molecule has 1 heterocycles. The third-order valence-corrected chi connectivity index (χ3v) is 2.62. The van der Waals surface area contributed by atoms with Crippen LogP contribution in [0.4, 0.5) is 0 Å². The fourth-order valence-corrected chi connectivity index (χ4v) is 1.70. The SMILES string of the molecule is N#Cc1ccccc1Cn1cccc(C#N)c1=O. The summed E-state index contributed by atoms with van der Waals surface area (Å²) >= 11 is 0. The molecule has 18 heavy (non-hydrogen) atoms. The number of rotatable bonds is 2. The van der Waals surface area contributed by atoms with E-state index in [1.165, 1.54) is 10.6 Å². The molecule has 2 aromatic rings. The van der Waals surface area contributed by atoms with Gasteiger partial charge in [0.2, 0.25) is 0 Å². The molecular formula is C14H9N3O. The number of hydrogen-bond donors (Lipinski definition) is 0. The van der Waals surface area contributed by atoms with Crippen molar-refractivity contribution >= 4 is 0 Å². The maximum absolute atomic E-state index is 11.9. The van der Waals surface area contributed by atoms with Gasteiger partial charge >= 0.3 is 0 Å². The molecule has 4 nitrogen and oxygen atoms in total. The molecule has 0 aliphatic carbocycles. The lowest BCUT2D eigenvalue weighted by molar-refractivity contribution is 0.755. The molecule has 0 saturated carbocycles. The minimum Gasteiger partial charge on any atom is -0.310 e. The van der Waals surface area contributed by atoms with Crippen LogP contribution < -0.4 is 5.56 Å². The molecule has 1 aromatic carbocycles. The van der Waals surface area contributed by atoms with Crippen LogP contribution in [0.15, 0.2) is 47.4 Å². The lowest BCUT2D eigenvalue weighted by Gasteiger charge is -2.07. The Morgan fingerprint density at radius 1 is 1.00 bits per heavy atom. The van der Waals surface area contributed by atoms with Gasteiger partial charge in [-0.3, -0.25) is 4.79 Å². The normalized spacial score (nSPS) is 9.44. The van der Waals surface area contributed by atoms with Crippen molar-refractivity contribution in [3.05, 3.63) is 69.6 Å². The first-order valence-corrected chi connectivity index (χ1v) is 5.34. The molecule has 0 aliphatic heterocycles. The molecule has 0 unspecified atom stereocenters. The van der Waals surface area contributed by atoms with E-state index in [9.17, 15) is 4.79 Å². The van der Waals surface area contributed by atoms with Gasteiger partial charge in [0.1, 0.15) is 11.6 Å². The van der Waals surface area contributed by atoms with Gasteiger partial charge in [-0.15, -0.1) is 0 Å². The Balaban J connectivity index is 2.45. The Labute approximate surface area is 104 Å². The first-order valence-electron chi connectivity index (χ1n) is 5.34. The van der Waals surface area contributed by atoms with Crippen LogP contribution in [-0.2, 0) is 6.54 Å². The van der Waals surface area contributed by atoms with Crippen molar-refractivity contribution in [3.8, 4) is 12.1 Å². The van der Waals surface area contributed by atoms with Gasteiger partial charge in [0.25, 0.3) is 5.56 Å². The first kappa shape index (κ1) is 11.6. The van der Waals surface area contributed by atoms with Crippen LogP contribution in [0.3, 0.4) is 0 Å². The van der Waals surface area contributed by atoms with Crippen LogP contribution >= 0.6 is 0 Å². The summed E-state index contributed by atoms with van der Waals surface area (Å²) in [4.78, 5) is 11.9. The maximum Gasteiger partial charge on any atom is 0.268 e. The summed E-state index contributed by atoms with van der Waals surface area (Å²) in [5, 5.41) is 17.8. The summed E-state index contributed by atoms with van der Waals surface area (Å²) in [7, 11) is 0. The Morgan fingerprint density at radius 3 is 2.39 bits per heavy atom. The zero-order valence-electron chi connectivity index (χ0n) is 9.50. The van der Waals surface area contributed by atoms with E-state index in [1.54, 1.807) is 30.5 Å². The molecule has 4 heteroatoms. The number of nitrogens with zero attached hydrogens (tertiary/aromatic N) is 3. The minimum absolute atomic E-state index is 0.104. The average molecular weight is 235 g/mol. The average Bonchev–Trinajstić information content (AvgIpc) is 2.42. The van der Waals surface area contributed by atoms with Crippen molar-refractivity contribution in [3.63, 3.8) is 0 Å². The Morgan fingerprint density at radius 2 is 1.67 bits per heavy atom. The number of pyridine rings is 1. The summed E-state index contributed by atoms with van der Waals surface area (Å²) in [5.74, 6) is 0. The third-order valence-electron chi connectivity index (χ3n) is 2.62. The molecule has 0 amide bonds. The molecule has 1 aromatic heterocycles. The van der Waals surface area contributed by atoms with Crippen LogP contribution in [0.1, 0.15) is 16.7 Å². The molecule has 0 aliphatic rings. The number of nitriles is 2. The molecule has 0 spiro atoms. The highest BCUT2D eigenvalue weighted by Gasteiger charge is 2.05. The van der Waals surface area contributed by atoms with Crippen LogP contribution in [0.2, 0.25) is 0 Å². The largest absolute Gasteiger partial charge is 0.310 e. The van der Waals surface area contributed by atoms with Gasteiger partial charge in [-0.1, -0.05) is 18.2 Å². The van der Waals surface area contributed by atoms with E-state index in [1.807, 2.05) is 12.1 Å². The highest BCUT2D eigenvalue weighted by molar-refractivity contribution is 5.37. The fraction of sp³-hybridized carbons (Fsp3) is 0.0714. The quantitative estimate of drug-likeness (QED) is 0.794. The Hall–Kier alpha value is -2.85. The summed E-state index contributed by atoms with van der Waals surface area (Å²) in [6.45, 7) is 0.290. The van der Waals surface area contributed by atoms with Gasteiger partial charge in [-0.2, -0.15) is 10.5 Å². The molecule has 0 saturated heterocycles. The van der Waals surface area contributed by atoms with Gasteiger partial charge in [0.15, 0.2) is 0 Å². The molecule has 86 valence electrons. The molecule has 0 radical (unpaired) electrons. The van der Waals surface area contributed by atoms with E-state index in [2.05, 4.69) is 6.07 Å². The van der Waals surface area contributed by atoms with Gasteiger partial charge in [-0.05, 0) is 23.8 Å². The summed E-state index contributed by atoms with van der Waals surface area (Å²) in [5.41, 5.74) is 1.06. The highest BCUT2D eigenvalue weighted by atomic mass is 16.1. The van der Waals surface area contributed by atoms with Gasteiger partial charge in [0.05, 0.1) is 18.2 Å². The van der Waals surface area contributed by atoms with E-state index in [4.69, 9.17) is 10.5 Å². The fourth-order valence-electron chi connectivity index (χ4n) is 1.70. The van der Waals surface area contributed by atoms with Crippen molar-refractivity contribution in [1.82, 2.24) is 4.57 Å². The predicted octanol–water partition coefficient (Wildman–Crippen LogP) is 1.64. The second-order valence-electron chi connectivity index (χ2n) is 3.74. The number of hydrogen-bond acceptors (Lipinski definition) is 3. The van der Waals surface area contributed by atoms with Crippen LogP contribution in [0.25, 0.3) is 0 Å². The van der Waals surface area contributed by atoms with Gasteiger partial charge < -0.3 is 4.57 Å². The van der Waals surface area contributed by atoms with Crippen molar-refractivity contribution < 1.29 is 0 Å². The standard InChI is InChI=1S/C14H9N3O/c15-8-11-4-1-2-5-13(11)10-17-7-3-6-12(9-16)14(17)18/h1-7H,10H2. The zero-order valence-corrected chi connectivity index (χ0v) is 9.50. The van der Waals surface area contributed by atoms with Crippen molar-refractivity contribution in [2.45, 2.75) is 6.54 Å². The van der Waals surface area contributed by atoms with Crippen molar-refractivity contribution in [2.24, 2.45) is 0 Å². The van der Waals surface area contributed by atoms with E-state index in [-0.39, 0.29) is 17.7 Å². The summed E-state index contributed by atoms with van der Waals surface area (Å²) in [6, 6.07) is 14.2. The van der Waals surface area contributed by atoms with Crippen molar-refractivity contribution in [1.29, 1.82) is 10.5 Å². The summed E-state index contributed by atoms with van der Waals surface area (Å²) in [6.07, 6.45) is 1.61. The molecular weight excluding hydrogens is 226 g/mol. The minimum atomic E-state index is -0.340. The lowest BCUT2D eigenvalue weighted by Crippen LogP contribution is -2.22. The van der Waals surface area contributed by atoms with Crippen molar-refractivity contribution in [2.75, 3.05) is 0 Å². The van der Waals surface area contributed by atoms with Gasteiger partial charge in [-0.25, -0.2) is 0 Å². The molecule has 0 bridgehead atoms. The lowest BCUT2D eigenvalue weighted by atomic mass is 10.1. The second-order valence-corrected chi connectivity index (χ2v) is 3.74. The Kier molecular flexibility index (Phi) is 3.22. The van der Waals surface area contributed by atoms with E-state index in [0.717, 1.165) is 5.56 Å². The maximum atomic E-state index is 11.9. The molecule has 2 rings (SSSR count). The predicted molar refractivity (Wildman–Crippen MR) is 65.7 cm³/mol. The van der Waals surface area contributed by atoms with Crippen LogP contribution in [0.5, 0.6) is 0 Å². The number of benzene rings is 1. The first-order chi connectivity index (χ1) is 8.76. The smallest absolute Gasteiger partial charge is 0.268 e. The molecule has 0 atom stereocenters. The second kappa shape index (κ2) is 4.99. The van der Waals surface area contributed by atoms with E-state index in [0.29, 0.717) is 5.56 Å². The van der Waals surface area contributed by atoms with E-state index >= 15 is 0 Å². The molecule has 0 fully saturated rings. The topological polar surface area (TPSA) is 69.6 Å². The third kappa shape index (κ3) is 2.14. The Bertz CT molecular complexity index is 717. The van der Waals surface area contributed by atoms with E-state index < -0.39 is 0 Å². The van der Waals surface area contributed by atoms with Crippen LogP contribution in [0, 0.1) is 22.7 Å². The zero-order chi connectivity index (χ0) is 13.0. The monoisotopic (exact) mass is 235 g/mol.